The highest BCUT2D eigenvalue weighted by atomic mass is 16.4. The van der Waals surface area contributed by atoms with E-state index in [1.807, 2.05) is 0 Å². The molecule has 0 aliphatic rings. The summed E-state index contributed by atoms with van der Waals surface area (Å²) in [6, 6.07) is -2.07. The number of carboxylic acid groups (broad SMARTS) is 1. The molecule has 2 amide bonds. The number of carbonyl (C=O) groups is 4. The van der Waals surface area contributed by atoms with Crippen LogP contribution >= 0.6 is 0 Å². The number of amides is 2. The number of carboxylic acids is 1. The van der Waals surface area contributed by atoms with Crippen LogP contribution in [0.15, 0.2) is 0 Å². The summed E-state index contributed by atoms with van der Waals surface area (Å²) >= 11 is 0. The zero-order chi connectivity index (χ0) is 13.4. The molecule has 0 radical (unpaired) electrons. The van der Waals surface area contributed by atoms with Crippen molar-refractivity contribution in [3.8, 4) is 0 Å². The second-order valence-corrected chi connectivity index (χ2v) is 3.46. The molecule has 0 saturated heterocycles. The van der Waals surface area contributed by atoms with Crippen molar-refractivity contribution in [3.63, 3.8) is 0 Å². The Morgan fingerprint density at radius 2 is 1.94 bits per heavy atom. The molecule has 6 N–H and O–H groups in total. The highest BCUT2D eigenvalue weighted by molar-refractivity contribution is 5.89. The summed E-state index contributed by atoms with van der Waals surface area (Å²) in [7, 11) is 0. The van der Waals surface area contributed by atoms with Crippen LogP contribution in [0.3, 0.4) is 0 Å². The molecule has 0 aromatic rings. The van der Waals surface area contributed by atoms with Gasteiger partial charge in [-0.2, -0.15) is 0 Å². The molecule has 0 rings (SSSR count). The van der Waals surface area contributed by atoms with E-state index in [1.54, 1.807) is 0 Å². The SMILES string of the molecule is NC(=O)C[C@H](N)C(=O)N[C@H](C=O)CCC(=O)O. The zero-order valence-corrected chi connectivity index (χ0v) is 9.09. The summed E-state index contributed by atoms with van der Waals surface area (Å²) in [5.74, 6) is -2.53. The maximum atomic E-state index is 11.3. The van der Waals surface area contributed by atoms with Crippen molar-refractivity contribution in [2.75, 3.05) is 0 Å². The molecule has 2 atom stereocenters. The summed E-state index contributed by atoms with van der Waals surface area (Å²) in [6.07, 6.45) is -0.212. The van der Waals surface area contributed by atoms with E-state index in [4.69, 9.17) is 16.6 Å². The lowest BCUT2D eigenvalue weighted by Crippen LogP contribution is -2.47. The number of aldehydes is 1. The number of carbonyl (C=O) groups excluding carboxylic acids is 3. The minimum absolute atomic E-state index is 0.0339. The van der Waals surface area contributed by atoms with Crippen LogP contribution in [0.1, 0.15) is 19.3 Å². The van der Waals surface area contributed by atoms with Gasteiger partial charge in [0.15, 0.2) is 0 Å². The van der Waals surface area contributed by atoms with Crippen molar-refractivity contribution in [3.05, 3.63) is 0 Å². The molecule has 0 unspecified atom stereocenters. The first-order valence-electron chi connectivity index (χ1n) is 4.88. The van der Waals surface area contributed by atoms with E-state index >= 15 is 0 Å². The fourth-order valence-electron chi connectivity index (χ4n) is 1.05. The number of hydrogen-bond donors (Lipinski definition) is 4. The van der Waals surface area contributed by atoms with Gasteiger partial charge in [-0.3, -0.25) is 14.4 Å². The van der Waals surface area contributed by atoms with Gasteiger partial charge in [-0.05, 0) is 6.42 Å². The highest BCUT2D eigenvalue weighted by Crippen LogP contribution is 1.96. The molecule has 0 spiro atoms. The first kappa shape index (κ1) is 15.0. The average molecular weight is 245 g/mol. The van der Waals surface area contributed by atoms with Crippen LogP contribution in [-0.4, -0.2) is 41.3 Å². The van der Waals surface area contributed by atoms with Gasteiger partial charge in [0.1, 0.15) is 6.29 Å². The Morgan fingerprint density at radius 1 is 1.35 bits per heavy atom. The maximum Gasteiger partial charge on any atom is 0.303 e. The summed E-state index contributed by atoms with van der Waals surface area (Å²) in [6.45, 7) is 0. The second-order valence-electron chi connectivity index (χ2n) is 3.46. The molecule has 96 valence electrons. The fourth-order valence-corrected chi connectivity index (χ4v) is 1.05. The van der Waals surface area contributed by atoms with Crippen LogP contribution in [0.5, 0.6) is 0 Å². The maximum absolute atomic E-state index is 11.3. The molecule has 0 fully saturated rings. The van der Waals surface area contributed by atoms with Crippen molar-refractivity contribution in [2.45, 2.75) is 31.3 Å². The fraction of sp³-hybridized carbons (Fsp3) is 0.556. The van der Waals surface area contributed by atoms with Crippen LogP contribution in [0.2, 0.25) is 0 Å². The van der Waals surface area contributed by atoms with Gasteiger partial charge in [-0.25, -0.2) is 0 Å². The first-order valence-corrected chi connectivity index (χ1v) is 4.88. The number of primary amides is 1. The summed E-state index contributed by atoms with van der Waals surface area (Å²) in [5.41, 5.74) is 10.2. The summed E-state index contributed by atoms with van der Waals surface area (Å²) in [4.78, 5) is 42.7. The van der Waals surface area contributed by atoms with E-state index in [9.17, 15) is 19.2 Å². The van der Waals surface area contributed by atoms with Crippen molar-refractivity contribution >= 4 is 24.1 Å². The normalized spacial score (nSPS) is 13.5. The van der Waals surface area contributed by atoms with E-state index in [2.05, 4.69) is 5.32 Å². The van der Waals surface area contributed by atoms with Crippen molar-refractivity contribution in [1.82, 2.24) is 5.32 Å². The van der Waals surface area contributed by atoms with Crippen molar-refractivity contribution in [2.24, 2.45) is 11.5 Å². The predicted molar refractivity (Wildman–Crippen MR) is 56.7 cm³/mol. The van der Waals surface area contributed by atoms with Crippen molar-refractivity contribution < 1.29 is 24.3 Å². The molecule has 0 saturated carbocycles. The van der Waals surface area contributed by atoms with Gasteiger partial charge in [0.25, 0.3) is 0 Å². The Balaban J connectivity index is 4.17. The summed E-state index contributed by atoms with van der Waals surface area (Å²) in [5, 5.41) is 10.6. The second kappa shape index (κ2) is 7.34. The largest absolute Gasteiger partial charge is 0.481 e. The quantitative estimate of drug-likeness (QED) is 0.354. The van der Waals surface area contributed by atoms with Gasteiger partial charge in [-0.15, -0.1) is 0 Å². The molecule has 0 aliphatic carbocycles. The first-order chi connectivity index (χ1) is 7.86. The topological polar surface area (TPSA) is 153 Å². The molecular formula is C9H15N3O5. The third-order valence-electron chi connectivity index (χ3n) is 1.92. The minimum atomic E-state index is -1.14. The lowest BCUT2D eigenvalue weighted by Gasteiger charge is -2.15. The van der Waals surface area contributed by atoms with Crippen LogP contribution in [-0.2, 0) is 19.2 Å². The molecule has 0 heterocycles. The third kappa shape index (κ3) is 7.01. The monoisotopic (exact) mass is 245 g/mol. The van der Waals surface area contributed by atoms with E-state index in [0.29, 0.717) is 6.29 Å². The average Bonchev–Trinajstić information content (AvgIpc) is 2.22. The molecule has 0 aliphatic heterocycles. The molecule has 0 aromatic heterocycles. The lowest BCUT2D eigenvalue weighted by atomic mass is 10.1. The zero-order valence-electron chi connectivity index (χ0n) is 9.09. The smallest absolute Gasteiger partial charge is 0.303 e. The number of rotatable bonds is 8. The van der Waals surface area contributed by atoms with Crippen LogP contribution in [0, 0.1) is 0 Å². The van der Waals surface area contributed by atoms with Crippen molar-refractivity contribution in [1.29, 1.82) is 0 Å². The van der Waals surface area contributed by atoms with Gasteiger partial charge >= 0.3 is 5.97 Å². The number of hydrogen-bond acceptors (Lipinski definition) is 5. The Labute approximate surface area is 97.3 Å². The molecule has 17 heavy (non-hydrogen) atoms. The van der Waals surface area contributed by atoms with Crippen LogP contribution in [0.4, 0.5) is 0 Å². The minimum Gasteiger partial charge on any atom is -0.481 e. The third-order valence-corrected chi connectivity index (χ3v) is 1.92. The molecule has 8 nitrogen and oxygen atoms in total. The van der Waals surface area contributed by atoms with Gasteiger partial charge in [-0.1, -0.05) is 0 Å². The number of nitrogens with two attached hydrogens (primary N) is 2. The highest BCUT2D eigenvalue weighted by Gasteiger charge is 2.19. The Morgan fingerprint density at radius 3 is 2.35 bits per heavy atom. The van der Waals surface area contributed by atoms with Gasteiger partial charge in [0, 0.05) is 6.42 Å². The standard InChI is InChI=1S/C9H15N3O5/c10-6(3-7(11)14)9(17)12-5(4-13)1-2-8(15)16/h4-6H,1-3,10H2,(H2,11,14)(H,12,17)(H,15,16)/t5-,6-/m0/s1. The molecule has 0 aromatic carbocycles. The Kier molecular flexibility index (Phi) is 6.49. The van der Waals surface area contributed by atoms with Crippen LogP contribution in [0.25, 0.3) is 0 Å². The number of nitrogens with one attached hydrogen (secondary N) is 1. The lowest BCUT2D eigenvalue weighted by molar-refractivity contribution is -0.137. The van der Waals surface area contributed by atoms with Gasteiger partial charge < -0.3 is 26.7 Å². The Bertz CT molecular complexity index is 318. The van der Waals surface area contributed by atoms with E-state index in [1.165, 1.54) is 0 Å². The van der Waals surface area contributed by atoms with E-state index in [0.717, 1.165) is 0 Å². The molecule has 8 heteroatoms. The number of aliphatic carboxylic acids is 1. The van der Waals surface area contributed by atoms with Gasteiger partial charge in [0.05, 0.1) is 18.5 Å². The van der Waals surface area contributed by atoms with E-state index in [-0.39, 0.29) is 19.3 Å². The predicted octanol–water partition coefficient (Wildman–Crippen LogP) is -2.26. The Hall–Kier alpha value is -1.96. The summed E-state index contributed by atoms with van der Waals surface area (Å²) < 4.78 is 0. The molecule has 0 bridgehead atoms. The van der Waals surface area contributed by atoms with Crippen LogP contribution < -0.4 is 16.8 Å². The van der Waals surface area contributed by atoms with Gasteiger partial charge in [0.2, 0.25) is 11.8 Å². The molecular weight excluding hydrogens is 230 g/mol. The van der Waals surface area contributed by atoms with E-state index < -0.39 is 29.9 Å².